The van der Waals surface area contributed by atoms with Crippen LogP contribution in [0, 0.1) is 13.8 Å². The SMILES string of the molecule is Cc1cnc([C@H]2CCN(C(=O)c3ccc4nc(C)[nH]c4c3)C2)[nH]1. The molecule has 1 saturated heterocycles. The first-order valence-corrected chi connectivity index (χ1v) is 7.87. The van der Waals surface area contributed by atoms with Crippen LogP contribution in [0.15, 0.2) is 24.4 Å². The number of imidazole rings is 2. The molecule has 0 spiro atoms. The van der Waals surface area contributed by atoms with Crippen molar-refractivity contribution in [1.29, 1.82) is 0 Å². The van der Waals surface area contributed by atoms with Crippen LogP contribution >= 0.6 is 0 Å². The lowest BCUT2D eigenvalue weighted by molar-refractivity contribution is 0.0790. The minimum Gasteiger partial charge on any atom is -0.346 e. The molecule has 0 saturated carbocycles. The number of rotatable bonds is 2. The predicted molar refractivity (Wildman–Crippen MR) is 87.4 cm³/mol. The third kappa shape index (κ3) is 2.50. The first-order chi connectivity index (χ1) is 11.1. The summed E-state index contributed by atoms with van der Waals surface area (Å²) < 4.78 is 0. The second-order valence-corrected chi connectivity index (χ2v) is 6.24. The molecule has 0 unspecified atom stereocenters. The normalized spacial score (nSPS) is 18.0. The number of amides is 1. The largest absolute Gasteiger partial charge is 0.346 e. The van der Waals surface area contributed by atoms with E-state index in [4.69, 9.17) is 0 Å². The molecule has 1 fully saturated rings. The van der Waals surface area contributed by atoms with E-state index in [9.17, 15) is 4.79 Å². The Bertz CT molecular complexity index is 878. The van der Waals surface area contributed by atoms with Gasteiger partial charge in [-0.05, 0) is 38.5 Å². The fourth-order valence-corrected chi connectivity index (χ4v) is 3.26. The summed E-state index contributed by atoms with van der Waals surface area (Å²) in [6, 6.07) is 5.65. The van der Waals surface area contributed by atoms with Gasteiger partial charge >= 0.3 is 0 Å². The Morgan fingerprint density at radius 2 is 2.17 bits per heavy atom. The lowest BCUT2D eigenvalue weighted by Crippen LogP contribution is -2.28. The fraction of sp³-hybridized carbons (Fsp3) is 0.353. The van der Waals surface area contributed by atoms with Gasteiger partial charge < -0.3 is 14.9 Å². The summed E-state index contributed by atoms with van der Waals surface area (Å²) in [5.74, 6) is 2.21. The smallest absolute Gasteiger partial charge is 0.253 e. The molecule has 2 N–H and O–H groups in total. The molecule has 1 atom stereocenters. The number of likely N-dealkylation sites (tertiary alicyclic amines) is 1. The number of H-pyrrole nitrogens is 2. The lowest BCUT2D eigenvalue weighted by atomic mass is 10.1. The van der Waals surface area contributed by atoms with Crippen LogP contribution in [0.3, 0.4) is 0 Å². The van der Waals surface area contributed by atoms with E-state index < -0.39 is 0 Å². The molecule has 3 heterocycles. The molecule has 118 valence electrons. The zero-order valence-corrected chi connectivity index (χ0v) is 13.3. The standard InChI is InChI=1S/C17H19N5O/c1-10-8-18-16(19-10)13-5-6-22(9-13)17(23)12-3-4-14-15(7-12)21-11(2)20-14/h3-4,7-8,13H,5-6,9H2,1-2H3,(H,18,19)(H,20,21)/t13-/m0/s1. The molecule has 2 aromatic heterocycles. The van der Waals surface area contributed by atoms with Crippen LogP contribution in [-0.2, 0) is 0 Å². The van der Waals surface area contributed by atoms with E-state index in [1.165, 1.54) is 0 Å². The zero-order valence-electron chi connectivity index (χ0n) is 13.3. The molecule has 0 aliphatic carbocycles. The Hall–Kier alpha value is -2.63. The third-order valence-corrected chi connectivity index (χ3v) is 4.43. The van der Waals surface area contributed by atoms with Gasteiger partial charge in [0.05, 0.1) is 11.0 Å². The van der Waals surface area contributed by atoms with Crippen molar-refractivity contribution in [3.63, 3.8) is 0 Å². The lowest BCUT2D eigenvalue weighted by Gasteiger charge is -2.16. The molecule has 1 aliphatic rings. The number of hydrogen-bond acceptors (Lipinski definition) is 3. The molecule has 6 heteroatoms. The highest BCUT2D eigenvalue weighted by Crippen LogP contribution is 2.26. The number of aryl methyl sites for hydroxylation is 2. The minimum absolute atomic E-state index is 0.0740. The van der Waals surface area contributed by atoms with Gasteiger partial charge in [-0.15, -0.1) is 0 Å². The Morgan fingerprint density at radius 3 is 2.96 bits per heavy atom. The molecule has 0 radical (unpaired) electrons. The van der Waals surface area contributed by atoms with Crippen molar-refractivity contribution >= 4 is 16.9 Å². The number of carbonyl (C=O) groups excluding carboxylic acids is 1. The second kappa shape index (κ2) is 5.22. The highest BCUT2D eigenvalue weighted by Gasteiger charge is 2.29. The minimum atomic E-state index is 0.0740. The summed E-state index contributed by atoms with van der Waals surface area (Å²) in [4.78, 5) is 29.9. The Labute approximate surface area is 133 Å². The van der Waals surface area contributed by atoms with E-state index in [0.29, 0.717) is 18.0 Å². The van der Waals surface area contributed by atoms with Crippen LogP contribution < -0.4 is 0 Å². The van der Waals surface area contributed by atoms with Gasteiger partial charge in [-0.3, -0.25) is 4.79 Å². The van der Waals surface area contributed by atoms with Crippen molar-refractivity contribution in [1.82, 2.24) is 24.8 Å². The van der Waals surface area contributed by atoms with Crippen LogP contribution in [0.4, 0.5) is 0 Å². The van der Waals surface area contributed by atoms with Crippen molar-refractivity contribution in [3.05, 3.63) is 47.3 Å². The van der Waals surface area contributed by atoms with Crippen LogP contribution in [-0.4, -0.2) is 43.8 Å². The molecule has 0 bridgehead atoms. The van der Waals surface area contributed by atoms with Gasteiger partial charge in [-0.1, -0.05) is 0 Å². The number of aromatic amines is 2. The zero-order chi connectivity index (χ0) is 16.0. The summed E-state index contributed by atoms with van der Waals surface area (Å²) in [6.45, 7) is 5.39. The highest BCUT2D eigenvalue weighted by atomic mass is 16.2. The number of benzene rings is 1. The van der Waals surface area contributed by atoms with Crippen molar-refractivity contribution < 1.29 is 4.79 Å². The monoisotopic (exact) mass is 309 g/mol. The van der Waals surface area contributed by atoms with Crippen LogP contribution in [0.1, 0.15) is 40.0 Å². The average molecular weight is 309 g/mol. The van der Waals surface area contributed by atoms with Gasteiger partial charge in [0.15, 0.2) is 0 Å². The van der Waals surface area contributed by atoms with E-state index in [2.05, 4.69) is 19.9 Å². The topological polar surface area (TPSA) is 77.7 Å². The van der Waals surface area contributed by atoms with Gasteiger partial charge in [-0.2, -0.15) is 0 Å². The van der Waals surface area contributed by atoms with Crippen molar-refractivity contribution in [2.45, 2.75) is 26.2 Å². The van der Waals surface area contributed by atoms with Crippen molar-refractivity contribution in [3.8, 4) is 0 Å². The summed E-state index contributed by atoms with van der Waals surface area (Å²) in [7, 11) is 0. The van der Waals surface area contributed by atoms with Crippen molar-refractivity contribution in [2.75, 3.05) is 13.1 Å². The summed E-state index contributed by atoms with van der Waals surface area (Å²) in [5.41, 5.74) is 3.57. The number of hydrogen-bond donors (Lipinski definition) is 2. The quantitative estimate of drug-likeness (QED) is 0.763. The van der Waals surface area contributed by atoms with Gasteiger partial charge in [0.2, 0.25) is 0 Å². The molecule has 23 heavy (non-hydrogen) atoms. The van der Waals surface area contributed by atoms with E-state index in [0.717, 1.165) is 41.3 Å². The summed E-state index contributed by atoms with van der Waals surface area (Å²) in [5, 5.41) is 0. The van der Waals surface area contributed by atoms with E-state index >= 15 is 0 Å². The van der Waals surface area contributed by atoms with E-state index in [1.54, 1.807) is 0 Å². The highest BCUT2D eigenvalue weighted by molar-refractivity contribution is 5.97. The maximum absolute atomic E-state index is 12.7. The average Bonchev–Trinajstić information content (AvgIpc) is 3.23. The molecule has 6 nitrogen and oxygen atoms in total. The number of fused-ring (bicyclic) bond motifs is 1. The summed E-state index contributed by atoms with van der Waals surface area (Å²) in [6.07, 6.45) is 2.79. The Kier molecular flexibility index (Phi) is 3.18. The van der Waals surface area contributed by atoms with Crippen LogP contribution in [0.5, 0.6) is 0 Å². The first-order valence-electron chi connectivity index (χ1n) is 7.87. The third-order valence-electron chi connectivity index (χ3n) is 4.43. The molecule has 1 aliphatic heterocycles. The van der Waals surface area contributed by atoms with Crippen molar-refractivity contribution in [2.24, 2.45) is 0 Å². The van der Waals surface area contributed by atoms with Gasteiger partial charge in [0.25, 0.3) is 5.91 Å². The number of nitrogens with one attached hydrogen (secondary N) is 2. The number of carbonyl (C=O) groups is 1. The predicted octanol–water partition coefficient (Wildman–Crippen LogP) is 2.53. The summed E-state index contributed by atoms with van der Waals surface area (Å²) >= 11 is 0. The number of aromatic nitrogens is 4. The molecule has 4 rings (SSSR count). The Morgan fingerprint density at radius 1 is 1.30 bits per heavy atom. The van der Waals surface area contributed by atoms with E-state index in [1.807, 2.05) is 43.1 Å². The molecule has 3 aromatic rings. The maximum atomic E-state index is 12.7. The fourth-order valence-electron chi connectivity index (χ4n) is 3.26. The van der Waals surface area contributed by atoms with Gasteiger partial charge in [-0.25, -0.2) is 9.97 Å². The molecule has 1 amide bonds. The number of nitrogens with zero attached hydrogens (tertiary/aromatic N) is 3. The molecule has 1 aromatic carbocycles. The molecular formula is C17H19N5O. The van der Waals surface area contributed by atoms with Crippen LogP contribution in [0.2, 0.25) is 0 Å². The second-order valence-electron chi connectivity index (χ2n) is 6.24. The maximum Gasteiger partial charge on any atom is 0.253 e. The van der Waals surface area contributed by atoms with Gasteiger partial charge in [0, 0.05) is 36.5 Å². The Balaban J connectivity index is 1.54. The molecular weight excluding hydrogens is 290 g/mol. The van der Waals surface area contributed by atoms with Gasteiger partial charge in [0.1, 0.15) is 11.6 Å². The first kappa shape index (κ1) is 14.0. The van der Waals surface area contributed by atoms with Crippen LogP contribution in [0.25, 0.3) is 11.0 Å². The van der Waals surface area contributed by atoms with E-state index in [-0.39, 0.29) is 5.91 Å².